The number of likely N-dealkylation sites (N-methyl/N-ethyl adjacent to an activating group) is 1. The average Bonchev–Trinajstić information content (AvgIpc) is 2.57. The number of nitrogens with one attached hydrogen (secondary N) is 1. The fourth-order valence-corrected chi connectivity index (χ4v) is 2.58. The molecule has 0 aromatic heterocycles. The average molecular weight is 378 g/mol. The van der Waals surface area contributed by atoms with E-state index in [0.717, 1.165) is 0 Å². The van der Waals surface area contributed by atoms with Crippen molar-refractivity contribution in [2.45, 2.75) is 26.4 Å². The van der Waals surface area contributed by atoms with Gasteiger partial charge in [0, 0.05) is 24.4 Å². The number of carbonyl (C=O) groups excluding carboxylic acids is 2. The first kappa shape index (κ1) is 20.5. The summed E-state index contributed by atoms with van der Waals surface area (Å²) in [5, 5.41) is 12.0. The van der Waals surface area contributed by atoms with E-state index in [4.69, 9.17) is 9.47 Å². The minimum atomic E-state index is -0.611. The first-order chi connectivity index (χ1) is 12.7. The summed E-state index contributed by atoms with van der Waals surface area (Å²) in [6, 6.07) is 2.40. The second kappa shape index (κ2) is 8.24. The van der Waals surface area contributed by atoms with Crippen molar-refractivity contribution in [2.75, 3.05) is 31.7 Å². The number of fused-ring (bicyclic) bond motifs is 1. The van der Waals surface area contributed by atoms with E-state index in [1.165, 1.54) is 18.2 Å². The van der Waals surface area contributed by atoms with Crippen LogP contribution >= 0.6 is 0 Å². The van der Waals surface area contributed by atoms with Gasteiger partial charge >= 0.3 is 6.09 Å². The number of aliphatic hydroxyl groups excluding tert-OH is 1. The van der Waals surface area contributed by atoms with Crippen LogP contribution in [0.2, 0.25) is 0 Å². The van der Waals surface area contributed by atoms with E-state index in [0.29, 0.717) is 16.9 Å². The number of amides is 1. The summed E-state index contributed by atoms with van der Waals surface area (Å²) in [5.74, 6) is 1.37. The summed E-state index contributed by atoms with van der Waals surface area (Å²) in [7, 11) is 1.67. The molecular formula is C19H23FN2O5. The van der Waals surface area contributed by atoms with Crippen LogP contribution in [0.1, 0.15) is 26.3 Å². The van der Waals surface area contributed by atoms with Gasteiger partial charge in [-0.05, 0) is 32.9 Å². The Labute approximate surface area is 157 Å². The lowest BCUT2D eigenvalue weighted by Crippen LogP contribution is -2.34. The molecule has 1 aromatic rings. The molecule has 1 aliphatic heterocycles. The minimum absolute atomic E-state index is 0.0568. The molecule has 0 saturated carbocycles. The maximum absolute atomic E-state index is 14.0. The Morgan fingerprint density at radius 1 is 1.37 bits per heavy atom. The zero-order valence-corrected chi connectivity index (χ0v) is 15.8. The van der Waals surface area contributed by atoms with Crippen molar-refractivity contribution < 1.29 is 28.6 Å². The molecule has 0 aliphatic carbocycles. The predicted octanol–water partition coefficient (Wildman–Crippen LogP) is 2.27. The van der Waals surface area contributed by atoms with Crippen LogP contribution in [0.15, 0.2) is 23.9 Å². The molecule has 1 aromatic carbocycles. The number of ether oxygens (including phenoxy) is 2. The third-order valence-corrected chi connectivity index (χ3v) is 3.71. The smallest absolute Gasteiger partial charge is 0.407 e. The molecule has 27 heavy (non-hydrogen) atoms. The number of hydrogen-bond acceptors (Lipinski definition) is 6. The Hall–Kier alpha value is -2.83. The topological polar surface area (TPSA) is 88.1 Å². The van der Waals surface area contributed by atoms with Crippen molar-refractivity contribution in [1.29, 1.82) is 0 Å². The van der Waals surface area contributed by atoms with Gasteiger partial charge in [0.2, 0.25) is 0 Å². The monoisotopic (exact) mass is 378 g/mol. The first-order valence-corrected chi connectivity index (χ1v) is 8.40. The van der Waals surface area contributed by atoms with E-state index in [2.05, 4.69) is 5.32 Å². The number of anilines is 1. The predicted molar refractivity (Wildman–Crippen MR) is 98.8 cm³/mol. The van der Waals surface area contributed by atoms with E-state index in [1.807, 2.05) is 0 Å². The van der Waals surface area contributed by atoms with Crippen molar-refractivity contribution in [3.63, 3.8) is 0 Å². The van der Waals surface area contributed by atoms with E-state index < -0.39 is 17.5 Å². The highest BCUT2D eigenvalue weighted by Crippen LogP contribution is 2.41. The Bertz CT molecular complexity index is 807. The lowest BCUT2D eigenvalue weighted by Gasteiger charge is -2.30. The normalized spacial score (nSPS) is 13.5. The third-order valence-electron chi connectivity index (χ3n) is 3.71. The molecule has 0 radical (unpaired) electrons. The fraction of sp³-hybridized carbons (Fsp3) is 0.421. The van der Waals surface area contributed by atoms with Gasteiger partial charge < -0.3 is 24.8 Å². The van der Waals surface area contributed by atoms with Crippen LogP contribution in [0, 0.1) is 5.82 Å². The van der Waals surface area contributed by atoms with Crippen LogP contribution in [-0.2, 0) is 9.53 Å². The minimum Gasteiger partial charge on any atom is -0.489 e. The molecule has 2 rings (SSSR count). The maximum atomic E-state index is 14.0. The number of rotatable bonds is 5. The molecule has 1 heterocycles. The van der Waals surface area contributed by atoms with Gasteiger partial charge in [0.25, 0.3) is 0 Å². The van der Waals surface area contributed by atoms with E-state index in [-0.39, 0.29) is 31.1 Å². The van der Waals surface area contributed by atoms with Crippen molar-refractivity contribution >= 4 is 23.3 Å². The van der Waals surface area contributed by atoms with Gasteiger partial charge in [-0.2, -0.15) is 0 Å². The van der Waals surface area contributed by atoms with Crippen LogP contribution in [-0.4, -0.2) is 49.5 Å². The molecule has 1 aliphatic rings. The number of alkyl carbamates (subject to hydrolysis) is 1. The van der Waals surface area contributed by atoms with Crippen molar-refractivity contribution in [3.05, 3.63) is 35.3 Å². The maximum Gasteiger partial charge on any atom is 0.407 e. The molecule has 0 atom stereocenters. The number of benzene rings is 1. The molecule has 8 heteroatoms. The largest absolute Gasteiger partial charge is 0.489 e. The van der Waals surface area contributed by atoms with Gasteiger partial charge in [0.15, 0.2) is 0 Å². The molecule has 1 amide bonds. The molecule has 0 unspecified atom stereocenters. The first-order valence-electron chi connectivity index (χ1n) is 8.40. The van der Waals surface area contributed by atoms with Gasteiger partial charge in [-0.1, -0.05) is 0 Å². The molecular weight excluding hydrogens is 355 g/mol. The number of nitrogens with zero attached hydrogens (tertiary/aromatic N) is 1. The van der Waals surface area contributed by atoms with Gasteiger partial charge in [-0.25, -0.2) is 14.0 Å². The lowest BCUT2D eigenvalue weighted by atomic mass is 9.98. The van der Waals surface area contributed by atoms with Crippen molar-refractivity contribution in [1.82, 2.24) is 5.32 Å². The van der Waals surface area contributed by atoms with Gasteiger partial charge in [-0.15, -0.1) is 0 Å². The Morgan fingerprint density at radius 3 is 2.67 bits per heavy atom. The summed E-state index contributed by atoms with van der Waals surface area (Å²) in [5.41, 5.74) is 0.728. The van der Waals surface area contributed by atoms with Crippen molar-refractivity contribution in [2.24, 2.45) is 0 Å². The molecule has 0 spiro atoms. The molecule has 7 nitrogen and oxygen atoms in total. The molecule has 0 bridgehead atoms. The summed E-state index contributed by atoms with van der Waals surface area (Å²) in [4.78, 5) is 24.5. The Kier molecular flexibility index (Phi) is 6.25. The zero-order valence-electron chi connectivity index (χ0n) is 15.8. The molecule has 146 valence electrons. The van der Waals surface area contributed by atoms with Gasteiger partial charge in [-0.3, -0.25) is 0 Å². The van der Waals surface area contributed by atoms with Crippen molar-refractivity contribution in [3.8, 4) is 5.75 Å². The second-order valence-corrected chi connectivity index (χ2v) is 6.95. The molecule has 0 saturated heterocycles. The van der Waals surface area contributed by atoms with E-state index in [1.54, 1.807) is 38.7 Å². The van der Waals surface area contributed by atoms with E-state index >= 15 is 0 Å². The highest BCUT2D eigenvalue weighted by atomic mass is 19.1. The van der Waals surface area contributed by atoms with E-state index in [9.17, 15) is 19.1 Å². The Balaban J connectivity index is 2.15. The molecule has 0 fully saturated rings. The number of halogens is 1. The highest BCUT2D eigenvalue weighted by Gasteiger charge is 2.25. The van der Waals surface area contributed by atoms with Crippen LogP contribution in [0.3, 0.4) is 0 Å². The third kappa shape index (κ3) is 5.09. The number of aliphatic hydroxyl groups is 1. The summed E-state index contributed by atoms with van der Waals surface area (Å²) < 4.78 is 24.7. The summed E-state index contributed by atoms with van der Waals surface area (Å²) in [6.07, 6.45) is 0.865. The SMILES string of the molecule is CN1C(CO)=CC(=C=O)c2cc(F)cc(OCCNC(=O)OC(C)(C)C)c21. The fourth-order valence-electron chi connectivity index (χ4n) is 2.58. The molecule has 2 N–H and O–H groups in total. The highest BCUT2D eigenvalue weighted by molar-refractivity contribution is 6.01. The van der Waals surface area contributed by atoms with Crippen LogP contribution < -0.4 is 15.0 Å². The number of allylic oxidation sites excluding steroid dienone is 2. The van der Waals surface area contributed by atoms with Gasteiger partial charge in [0.1, 0.15) is 29.7 Å². The van der Waals surface area contributed by atoms with Crippen LogP contribution in [0.5, 0.6) is 5.75 Å². The quantitative estimate of drug-likeness (QED) is 0.604. The van der Waals surface area contributed by atoms with Crippen LogP contribution in [0.25, 0.3) is 5.57 Å². The number of carbonyl (C=O) groups is 1. The van der Waals surface area contributed by atoms with Gasteiger partial charge in [0.05, 0.1) is 24.4 Å². The standard InChI is InChI=1S/C19H23FN2O5/c1-19(2,3)27-18(25)21-5-6-26-16-9-13(20)8-15-12(10-23)7-14(11-24)22(4)17(15)16/h7-9,24H,5-6,11H2,1-4H3,(H,21,25). The Morgan fingerprint density at radius 2 is 2.07 bits per heavy atom. The zero-order chi connectivity index (χ0) is 20.2. The summed E-state index contributed by atoms with van der Waals surface area (Å²) >= 11 is 0. The number of hydrogen-bond donors (Lipinski definition) is 2. The van der Waals surface area contributed by atoms with Crippen LogP contribution in [0.4, 0.5) is 14.9 Å². The lowest BCUT2D eigenvalue weighted by molar-refractivity contribution is 0.0520. The second-order valence-electron chi connectivity index (χ2n) is 6.95. The summed E-state index contributed by atoms with van der Waals surface area (Å²) in [6.45, 7) is 5.15.